The Labute approximate surface area is 137 Å². The molecule has 0 spiro atoms. The SMILES string of the molecule is CNC(=O)C1CN(CC2CCNCC2)c2ccccc2O1.Cl. The predicted molar refractivity (Wildman–Crippen MR) is 90.0 cm³/mol. The van der Waals surface area contributed by atoms with Crippen molar-refractivity contribution in [3.63, 3.8) is 0 Å². The summed E-state index contributed by atoms with van der Waals surface area (Å²) < 4.78 is 5.84. The molecule has 1 saturated heterocycles. The van der Waals surface area contributed by atoms with Gasteiger partial charge in [0.15, 0.2) is 6.10 Å². The minimum Gasteiger partial charge on any atom is -0.477 e. The highest BCUT2D eigenvalue weighted by Crippen LogP contribution is 2.34. The van der Waals surface area contributed by atoms with Crippen LogP contribution in [0.5, 0.6) is 5.75 Å². The summed E-state index contributed by atoms with van der Waals surface area (Å²) in [5.74, 6) is 1.44. The Balaban J connectivity index is 0.00000176. The van der Waals surface area contributed by atoms with Crippen LogP contribution in [0.3, 0.4) is 0 Å². The van der Waals surface area contributed by atoms with Gasteiger partial charge in [-0.25, -0.2) is 0 Å². The lowest BCUT2D eigenvalue weighted by Crippen LogP contribution is -2.49. The van der Waals surface area contributed by atoms with E-state index in [9.17, 15) is 4.79 Å². The predicted octanol–water partition coefficient (Wildman–Crippen LogP) is 1.42. The van der Waals surface area contributed by atoms with Gasteiger partial charge in [-0.3, -0.25) is 4.79 Å². The zero-order chi connectivity index (χ0) is 14.7. The minimum absolute atomic E-state index is 0. The van der Waals surface area contributed by atoms with Gasteiger partial charge < -0.3 is 20.3 Å². The summed E-state index contributed by atoms with van der Waals surface area (Å²) in [5.41, 5.74) is 1.11. The van der Waals surface area contributed by atoms with Crippen LogP contribution >= 0.6 is 12.4 Å². The summed E-state index contributed by atoms with van der Waals surface area (Å²) in [4.78, 5) is 14.3. The number of fused-ring (bicyclic) bond motifs is 1. The van der Waals surface area contributed by atoms with Crippen LogP contribution in [-0.2, 0) is 4.79 Å². The summed E-state index contributed by atoms with van der Waals surface area (Å²) in [6.07, 6.45) is 1.97. The molecular weight excluding hydrogens is 302 g/mol. The maximum Gasteiger partial charge on any atom is 0.262 e. The topological polar surface area (TPSA) is 53.6 Å². The number of benzene rings is 1. The van der Waals surface area contributed by atoms with Gasteiger partial charge in [-0.2, -0.15) is 0 Å². The van der Waals surface area contributed by atoms with Gasteiger partial charge >= 0.3 is 0 Å². The van der Waals surface area contributed by atoms with E-state index in [1.54, 1.807) is 7.05 Å². The molecule has 5 nitrogen and oxygen atoms in total. The van der Waals surface area contributed by atoms with Crippen LogP contribution in [0.4, 0.5) is 5.69 Å². The third kappa shape index (κ3) is 3.65. The van der Waals surface area contributed by atoms with Crippen molar-refractivity contribution in [3.05, 3.63) is 24.3 Å². The monoisotopic (exact) mass is 325 g/mol. The number of anilines is 1. The fourth-order valence-corrected chi connectivity index (χ4v) is 3.15. The van der Waals surface area contributed by atoms with Crippen molar-refractivity contribution < 1.29 is 9.53 Å². The molecule has 0 bridgehead atoms. The number of likely N-dealkylation sites (N-methyl/N-ethyl adjacent to an activating group) is 1. The molecule has 2 N–H and O–H groups in total. The van der Waals surface area contributed by atoms with Crippen LogP contribution in [0.1, 0.15) is 12.8 Å². The van der Waals surface area contributed by atoms with E-state index >= 15 is 0 Å². The normalized spacial score (nSPS) is 21.3. The molecule has 22 heavy (non-hydrogen) atoms. The second kappa shape index (κ2) is 7.70. The van der Waals surface area contributed by atoms with Gasteiger partial charge in [0.2, 0.25) is 0 Å². The first-order chi connectivity index (χ1) is 10.3. The van der Waals surface area contributed by atoms with Gasteiger partial charge in [0.05, 0.1) is 12.2 Å². The number of para-hydroxylation sites is 2. The van der Waals surface area contributed by atoms with E-state index in [2.05, 4.69) is 21.6 Å². The molecule has 2 aliphatic heterocycles. The van der Waals surface area contributed by atoms with Gasteiger partial charge in [-0.05, 0) is 44.0 Å². The van der Waals surface area contributed by atoms with Gasteiger partial charge in [0.25, 0.3) is 5.91 Å². The van der Waals surface area contributed by atoms with Crippen LogP contribution in [0.25, 0.3) is 0 Å². The second-order valence-corrected chi connectivity index (χ2v) is 5.79. The zero-order valence-electron chi connectivity index (χ0n) is 12.9. The van der Waals surface area contributed by atoms with Crippen molar-refractivity contribution in [2.75, 3.05) is 38.1 Å². The molecule has 6 heteroatoms. The molecule has 1 atom stereocenters. The Bertz CT molecular complexity index is 506. The first kappa shape index (κ1) is 16.9. The zero-order valence-corrected chi connectivity index (χ0v) is 13.7. The number of carbonyl (C=O) groups excluding carboxylic acids is 1. The Morgan fingerprint density at radius 2 is 2.09 bits per heavy atom. The van der Waals surface area contributed by atoms with E-state index in [0.717, 1.165) is 31.1 Å². The molecule has 2 aliphatic rings. The second-order valence-electron chi connectivity index (χ2n) is 5.79. The number of rotatable bonds is 3. The molecule has 0 radical (unpaired) electrons. The van der Waals surface area contributed by atoms with E-state index in [1.807, 2.05) is 18.2 Å². The Morgan fingerprint density at radius 1 is 1.36 bits per heavy atom. The maximum absolute atomic E-state index is 11.9. The number of piperidine rings is 1. The van der Waals surface area contributed by atoms with E-state index in [0.29, 0.717) is 12.5 Å². The quantitative estimate of drug-likeness (QED) is 0.882. The lowest BCUT2D eigenvalue weighted by atomic mass is 9.96. The van der Waals surface area contributed by atoms with Crippen LogP contribution in [0.2, 0.25) is 0 Å². The van der Waals surface area contributed by atoms with E-state index in [4.69, 9.17) is 4.74 Å². The summed E-state index contributed by atoms with van der Waals surface area (Å²) in [7, 11) is 1.66. The number of carbonyl (C=O) groups is 1. The largest absolute Gasteiger partial charge is 0.477 e. The molecule has 3 rings (SSSR count). The minimum atomic E-state index is -0.424. The van der Waals surface area contributed by atoms with Gasteiger partial charge in [0.1, 0.15) is 5.75 Å². The summed E-state index contributed by atoms with van der Waals surface area (Å²) in [6.45, 7) is 3.81. The third-order valence-electron chi connectivity index (χ3n) is 4.34. The number of hydrogen-bond acceptors (Lipinski definition) is 4. The average molecular weight is 326 g/mol. The Hall–Kier alpha value is -1.46. The fourth-order valence-electron chi connectivity index (χ4n) is 3.15. The molecule has 0 saturated carbocycles. The summed E-state index contributed by atoms with van der Waals surface area (Å²) in [5, 5.41) is 6.09. The lowest BCUT2D eigenvalue weighted by molar-refractivity contribution is -0.127. The molecular formula is C16H24ClN3O2. The van der Waals surface area contributed by atoms with Crippen molar-refractivity contribution in [1.82, 2.24) is 10.6 Å². The van der Waals surface area contributed by atoms with Crippen molar-refractivity contribution in [3.8, 4) is 5.75 Å². The molecule has 1 aromatic carbocycles. The maximum atomic E-state index is 11.9. The van der Waals surface area contributed by atoms with Crippen LogP contribution in [0.15, 0.2) is 24.3 Å². The van der Waals surface area contributed by atoms with Crippen LogP contribution < -0.4 is 20.3 Å². The number of ether oxygens (including phenoxy) is 1. The fraction of sp³-hybridized carbons (Fsp3) is 0.562. The highest BCUT2D eigenvalue weighted by Gasteiger charge is 2.31. The third-order valence-corrected chi connectivity index (χ3v) is 4.34. The number of halogens is 1. The van der Waals surface area contributed by atoms with Crippen LogP contribution in [0, 0.1) is 5.92 Å². The van der Waals surface area contributed by atoms with Crippen molar-refractivity contribution >= 4 is 24.0 Å². The molecule has 1 fully saturated rings. The number of nitrogens with zero attached hydrogens (tertiary/aromatic N) is 1. The first-order valence-corrected chi connectivity index (χ1v) is 7.71. The van der Waals surface area contributed by atoms with E-state index < -0.39 is 6.10 Å². The summed E-state index contributed by atoms with van der Waals surface area (Å²) in [6, 6.07) is 8.00. The smallest absolute Gasteiger partial charge is 0.262 e. The number of amides is 1. The molecule has 1 amide bonds. The number of hydrogen-bond donors (Lipinski definition) is 2. The molecule has 122 valence electrons. The highest BCUT2D eigenvalue weighted by molar-refractivity contribution is 5.85. The van der Waals surface area contributed by atoms with Crippen molar-refractivity contribution in [2.24, 2.45) is 5.92 Å². The molecule has 2 heterocycles. The molecule has 0 aromatic heterocycles. The van der Waals surface area contributed by atoms with Crippen molar-refractivity contribution in [1.29, 1.82) is 0 Å². The molecule has 1 aromatic rings. The van der Waals surface area contributed by atoms with Gasteiger partial charge in [0, 0.05) is 13.6 Å². The summed E-state index contributed by atoms with van der Waals surface area (Å²) >= 11 is 0. The molecule has 0 aliphatic carbocycles. The Morgan fingerprint density at radius 3 is 2.82 bits per heavy atom. The first-order valence-electron chi connectivity index (χ1n) is 7.71. The highest BCUT2D eigenvalue weighted by atomic mass is 35.5. The lowest BCUT2D eigenvalue weighted by Gasteiger charge is -2.38. The van der Waals surface area contributed by atoms with Gasteiger partial charge in [-0.15, -0.1) is 12.4 Å². The average Bonchev–Trinajstić information content (AvgIpc) is 2.55. The standard InChI is InChI=1S/C16H23N3O2.ClH/c1-17-16(20)15-11-19(10-12-6-8-18-9-7-12)13-4-2-3-5-14(13)21-15;/h2-5,12,15,18H,6-11H2,1H3,(H,17,20);1H. The van der Waals surface area contributed by atoms with Crippen molar-refractivity contribution in [2.45, 2.75) is 18.9 Å². The van der Waals surface area contributed by atoms with E-state index in [1.165, 1.54) is 12.8 Å². The van der Waals surface area contributed by atoms with E-state index in [-0.39, 0.29) is 18.3 Å². The Kier molecular flexibility index (Phi) is 5.91. The molecule has 1 unspecified atom stereocenters. The number of nitrogens with one attached hydrogen (secondary N) is 2. The van der Waals surface area contributed by atoms with Crippen LogP contribution in [-0.4, -0.2) is 45.2 Å². The van der Waals surface area contributed by atoms with Gasteiger partial charge in [-0.1, -0.05) is 12.1 Å².